The van der Waals surface area contributed by atoms with Gasteiger partial charge in [-0.25, -0.2) is 4.99 Å². The Bertz CT molecular complexity index is 652. The van der Waals surface area contributed by atoms with Crippen LogP contribution in [0.2, 0.25) is 0 Å². The van der Waals surface area contributed by atoms with E-state index in [9.17, 15) is 18.0 Å². The van der Waals surface area contributed by atoms with Crippen molar-refractivity contribution < 1.29 is 22.7 Å². The van der Waals surface area contributed by atoms with Crippen LogP contribution < -0.4 is 11.1 Å². The van der Waals surface area contributed by atoms with E-state index in [1.807, 2.05) is 0 Å². The van der Waals surface area contributed by atoms with E-state index >= 15 is 0 Å². The molecule has 1 aromatic carbocycles. The average molecular weight is 341 g/mol. The lowest BCUT2D eigenvalue weighted by molar-refractivity contribution is -0.189. The third-order valence-corrected chi connectivity index (χ3v) is 4.44. The van der Waals surface area contributed by atoms with Gasteiger partial charge in [0.15, 0.2) is 0 Å². The number of hydrogen-bond acceptors (Lipinski definition) is 4. The first-order valence-corrected chi connectivity index (χ1v) is 7.73. The number of benzene rings is 1. The number of hydrogen-bond donors (Lipinski definition) is 2. The highest BCUT2D eigenvalue weighted by molar-refractivity contribution is 5.97. The summed E-state index contributed by atoms with van der Waals surface area (Å²) in [4.78, 5) is 16.0. The minimum Gasteiger partial charge on any atom is -0.463 e. The number of alkyl halides is 3. The second-order valence-corrected chi connectivity index (χ2v) is 6.20. The number of nitrogens with two attached hydrogens (primary N) is 1. The van der Waals surface area contributed by atoms with Crippen LogP contribution in [0.3, 0.4) is 0 Å². The minimum absolute atomic E-state index is 0.0332. The van der Waals surface area contributed by atoms with E-state index in [1.165, 1.54) is 0 Å². The molecule has 3 rings (SSSR count). The zero-order chi connectivity index (χ0) is 17.4. The van der Waals surface area contributed by atoms with Crippen LogP contribution in [0.4, 0.5) is 18.9 Å². The largest absolute Gasteiger partial charge is 0.463 e. The minimum atomic E-state index is -4.50. The number of nitrogens with zero attached hydrogens (tertiary/aromatic N) is 1. The van der Waals surface area contributed by atoms with Crippen LogP contribution in [0.5, 0.6) is 0 Å². The average Bonchev–Trinajstić information content (AvgIpc) is 3.25. The molecule has 5 nitrogen and oxygen atoms in total. The van der Waals surface area contributed by atoms with Crippen molar-refractivity contribution in [3.63, 3.8) is 0 Å². The smallest absolute Gasteiger partial charge is 0.403 e. The zero-order valence-electron chi connectivity index (χ0n) is 12.9. The monoisotopic (exact) mass is 341 g/mol. The van der Waals surface area contributed by atoms with Crippen molar-refractivity contribution in [3.05, 3.63) is 29.8 Å². The molecule has 1 aromatic rings. The van der Waals surface area contributed by atoms with Crippen molar-refractivity contribution in [1.82, 2.24) is 0 Å². The van der Waals surface area contributed by atoms with E-state index in [0.717, 1.165) is 18.4 Å². The van der Waals surface area contributed by atoms with Gasteiger partial charge in [-0.3, -0.25) is 4.79 Å². The van der Waals surface area contributed by atoms with Crippen molar-refractivity contribution in [3.8, 4) is 0 Å². The van der Waals surface area contributed by atoms with E-state index in [0.29, 0.717) is 12.3 Å². The molecule has 1 aliphatic heterocycles. The summed E-state index contributed by atoms with van der Waals surface area (Å²) in [6.07, 6.45) is -3.28. The Morgan fingerprint density at radius 1 is 1.33 bits per heavy atom. The molecule has 0 aromatic heterocycles. The molecular formula is C16H18F3N3O2. The number of nitrogens with one attached hydrogen (secondary N) is 1. The van der Waals surface area contributed by atoms with Crippen molar-refractivity contribution in [2.24, 2.45) is 16.1 Å². The molecule has 1 unspecified atom stereocenters. The van der Waals surface area contributed by atoms with Gasteiger partial charge in [0, 0.05) is 5.69 Å². The summed E-state index contributed by atoms with van der Waals surface area (Å²) >= 11 is 0. The van der Waals surface area contributed by atoms with Gasteiger partial charge in [0.25, 0.3) is 6.02 Å². The highest BCUT2D eigenvalue weighted by atomic mass is 19.4. The van der Waals surface area contributed by atoms with Crippen molar-refractivity contribution in [1.29, 1.82) is 0 Å². The number of rotatable bonds is 5. The van der Waals surface area contributed by atoms with Crippen molar-refractivity contribution >= 4 is 17.6 Å². The third-order valence-electron chi connectivity index (χ3n) is 4.44. The molecule has 1 heterocycles. The SMILES string of the molecule is NC1=NC(CCc2ccc(NC(=O)C3(C(F)(F)F)CC3)cc2)CO1. The standard InChI is InChI=1S/C16H18F3N3O2/c17-16(18,19)15(7-8-15)13(23)21-11-4-1-10(2-5-11)3-6-12-9-24-14(20)22-12/h1-2,4-5,12H,3,6-9H2,(H2,20,22)(H,21,23). The Balaban J connectivity index is 1.54. The molecule has 0 saturated heterocycles. The fourth-order valence-corrected chi connectivity index (χ4v) is 2.69. The zero-order valence-corrected chi connectivity index (χ0v) is 12.9. The van der Waals surface area contributed by atoms with Gasteiger partial charge in [0.05, 0.1) is 6.04 Å². The molecule has 0 bridgehead atoms. The summed E-state index contributed by atoms with van der Waals surface area (Å²) < 4.78 is 43.8. The molecular weight excluding hydrogens is 323 g/mol. The molecule has 0 radical (unpaired) electrons. The molecule has 1 fully saturated rings. The first-order chi connectivity index (χ1) is 11.3. The Morgan fingerprint density at radius 2 is 2.00 bits per heavy atom. The molecule has 130 valence electrons. The summed E-state index contributed by atoms with van der Waals surface area (Å²) in [5.41, 5.74) is 4.61. The second kappa shape index (κ2) is 5.99. The topological polar surface area (TPSA) is 76.7 Å². The Kier molecular flexibility index (Phi) is 4.15. The molecule has 1 atom stereocenters. The van der Waals surface area contributed by atoms with Gasteiger partial charge in [-0.15, -0.1) is 0 Å². The molecule has 1 amide bonds. The van der Waals surface area contributed by atoms with E-state index in [-0.39, 0.29) is 24.9 Å². The summed E-state index contributed by atoms with van der Waals surface area (Å²) in [5, 5.41) is 2.36. The third kappa shape index (κ3) is 3.32. The fourth-order valence-electron chi connectivity index (χ4n) is 2.69. The van der Waals surface area contributed by atoms with Crippen LogP contribution in [0.1, 0.15) is 24.8 Å². The number of halogens is 3. The maximum absolute atomic E-state index is 12.9. The molecule has 1 saturated carbocycles. The number of carbonyl (C=O) groups is 1. The van der Waals surface area contributed by atoms with Crippen LogP contribution in [0, 0.1) is 5.41 Å². The van der Waals surface area contributed by atoms with Gasteiger partial charge >= 0.3 is 6.18 Å². The number of anilines is 1. The normalized spacial score (nSPS) is 21.8. The summed E-state index contributed by atoms with van der Waals surface area (Å²) in [7, 11) is 0. The van der Waals surface area contributed by atoms with Gasteiger partial charge in [0.1, 0.15) is 12.0 Å². The number of amidine groups is 1. The van der Waals surface area contributed by atoms with Crippen LogP contribution in [-0.2, 0) is 16.0 Å². The van der Waals surface area contributed by atoms with E-state index in [4.69, 9.17) is 10.5 Å². The number of amides is 1. The lowest BCUT2D eigenvalue weighted by Gasteiger charge is -2.18. The maximum atomic E-state index is 12.9. The van der Waals surface area contributed by atoms with E-state index in [1.54, 1.807) is 24.3 Å². The van der Waals surface area contributed by atoms with E-state index < -0.39 is 17.5 Å². The first kappa shape index (κ1) is 16.6. The van der Waals surface area contributed by atoms with Gasteiger partial charge in [-0.1, -0.05) is 12.1 Å². The lowest BCUT2D eigenvalue weighted by atomic mass is 10.0. The number of aryl methyl sites for hydroxylation is 1. The Hall–Kier alpha value is -2.25. The summed E-state index contributed by atoms with van der Waals surface area (Å²) in [6.45, 7) is 0.472. The predicted molar refractivity (Wildman–Crippen MR) is 82.5 cm³/mol. The van der Waals surface area contributed by atoms with Crippen LogP contribution in [0.25, 0.3) is 0 Å². The van der Waals surface area contributed by atoms with Crippen LogP contribution in [0.15, 0.2) is 29.3 Å². The Labute approximate surface area is 137 Å². The first-order valence-electron chi connectivity index (χ1n) is 7.73. The van der Waals surface area contributed by atoms with Crippen molar-refractivity contribution in [2.75, 3.05) is 11.9 Å². The molecule has 24 heavy (non-hydrogen) atoms. The molecule has 8 heteroatoms. The molecule has 3 N–H and O–H groups in total. The van der Waals surface area contributed by atoms with Gasteiger partial charge in [-0.2, -0.15) is 13.2 Å². The fraction of sp³-hybridized carbons (Fsp3) is 0.500. The maximum Gasteiger partial charge on any atom is 0.403 e. The lowest BCUT2D eigenvalue weighted by Crippen LogP contribution is -2.36. The molecule has 1 aliphatic carbocycles. The quantitative estimate of drug-likeness (QED) is 0.864. The molecule has 0 spiro atoms. The highest BCUT2D eigenvalue weighted by Gasteiger charge is 2.68. The number of carbonyl (C=O) groups excluding carboxylic acids is 1. The summed E-state index contributed by atoms with van der Waals surface area (Å²) in [5.74, 6) is -0.976. The van der Waals surface area contributed by atoms with Gasteiger partial charge in [-0.05, 0) is 43.4 Å². The number of aliphatic imine (C=N–C) groups is 1. The Morgan fingerprint density at radius 3 is 2.50 bits per heavy atom. The number of ether oxygens (including phenoxy) is 1. The van der Waals surface area contributed by atoms with Gasteiger partial charge < -0.3 is 15.8 Å². The highest BCUT2D eigenvalue weighted by Crippen LogP contribution is 2.58. The van der Waals surface area contributed by atoms with Gasteiger partial charge in [0.2, 0.25) is 5.91 Å². The summed E-state index contributed by atoms with van der Waals surface area (Å²) in [6, 6.07) is 7.03. The van der Waals surface area contributed by atoms with Crippen LogP contribution >= 0.6 is 0 Å². The van der Waals surface area contributed by atoms with E-state index in [2.05, 4.69) is 10.3 Å². The second-order valence-electron chi connectivity index (χ2n) is 6.20. The predicted octanol–water partition coefficient (Wildman–Crippen LogP) is 2.61. The van der Waals surface area contributed by atoms with Crippen LogP contribution in [-0.4, -0.2) is 30.8 Å². The van der Waals surface area contributed by atoms with Crippen molar-refractivity contribution in [2.45, 2.75) is 37.9 Å². The molecule has 2 aliphatic rings.